The van der Waals surface area contributed by atoms with Crippen LogP contribution >= 0.6 is 23.5 Å². The van der Waals surface area contributed by atoms with Crippen molar-refractivity contribution in [3.63, 3.8) is 0 Å². The summed E-state index contributed by atoms with van der Waals surface area (Å²) in [5.41, 5.74) is 2.52. The van der Waals surface area contributed by atoms with E-state index in [9.17, 15) is 18.0 Å². The third-order valence-electron chi connectivity index (χ3n) is 4.42. The number of urea groups is 1. The number of aromatic nitrogens is 2. The van der Waals surface area contributed by atoms with E-state index in [2.05, 4.69) is 20.0 Å². The molecule has 2 heterocycles. The summed E-state index contributed by atoms with van der Waals surface area (Å²) in [6.45, 7) is 1.83. The summed E-state index contributed by atoms with van der Waals surface area (Å²) in [5.74, 6) is -1.47. The molecular weight excluding hydrogens is 497 g/mol. The van der Waals surface area contributed by atoms with Crippen molar-refractivity contribution >= 4 is 29.6 Å². The van der Waals surface area contributed by atoms with Crippen molar-refractivity contribution in [2.24, 2.45) is 0 Å². The van der Waals surface area contributed by atoms with Crippen molar-refractivity contribution in [2.75, 3.05) is 0 Å². The number of nitrogens with one attached hydrogen (secondary N) is 2. The molecule has 5 nitrogen and oxygen atoms in total. The number of carbonyl (C=O) groups is 1. The Hall–Kier alpha value is -3.56. The molecule has 10 heteroatoms. The fraction of sp³-hybridized carbons (Fsp3) is 0.0800. The van der Waals surface area contributed by atoms with Gasteiger partial charge in [-0.2, -0.15) is 0 Å². The van der Waals surface area contributed by atoms with Gasteiger partial charge in [0.25, 0.3) is 0 Å². The topological polar surface area (TPSA) is 66.9 Å². The highest BCUT2D eigenvalue weighted by Gasteiger charge is 2.10. The van der Waals surface area contributed by atoms with E-state index in [0.29, 0.717) is 27.4 Å². The van der Waals surface area contributed by atoms with Crippen LogP contribution in [-0.4, -0.2) is 16.0 Å². The Kier molecular flexibility index (Phi) is 9.51. The van der Waals surface area contributed by atoms with E-state index >= 15 is 0 Å². The summed E-state index contributed by atoms with van der Waals surface area (Å²) in [6, 6.07) is 15.2. The number of hydrogen-bond donors (Lipinski definition) is 2. The molecule has 0 aliphatic rings. The molecule has 0 spiro atoms. The fourth-order valence-corrected chi connectivity index (χ4v) is 3.76. The molecule has 2 amide bonds. The average Bonchev–Trinajstić information content (AvgIpc) is 2.82. The number of nitrogens with zero attached hydrogens (tertiary/aromatic N) is 2. The van der Waals surface area contributed by atoms with Gasteiger partial charge in [0.2, 0.25) is 0 Å². The van der Waals surface area contributed by atoms with Crippen LogP contribution in [0.1, 0.15) is 11.3 Å². The molecule has 4 rings (SSSR count). The van der Waals surface area contributed by atoms with Gasteiger partial charge in [0.05, 0.1) is 23.5 Å². The van der Waals surface area contributed by atoms with E-state index in [1.54, 1.807) is 43.6 Å². The summed E-state index contributed by atoms with van der Waals surface area (Å²) < 4.78 is 40.5. The summed E-state index contributed by atoms with van der Waals surface area (Å²) in [7, 11) is 0. The second kappa shape index (κ2) is 12.8. The Morgan fingerprint density at radius 3 is 2.40 bits per heavy atom. The highest BCUT2D eigenvalue weighted by molar-refractivity contribution is 7.98. The molecule has 0 fully saturated rings. The van der Waals surface area contributed by atoms with Crippen LogP contribution in [0.25, 0.3) is 11.1 Å². The minimum absolute atomic E-state index is 0.182. The van der Waals surface area contributed by atoms with Gasteiger partial charge in [-0.1, -0.05) is 29.8 Å². The SMILES string of the molecule is Cc1cc(F)cc(F)c1.O=C(NCc1ncccc1-c1cncc(F)c1)NSc1ccccc1Cl. The Morgan fingerprint density at radius 2 is 1.71 bits per heavy atom. The third kappa shape index (κ3) is 8.31. The first-order chi connectivity index (χ1) is 16.8. The standard InChI is InChI=1S/C18H14ClFN4OS.C7H6F2/c19-15-5-1-2-6-17(15)26-24-18(25)23-11-16-14(4-3-7-22-16)12-8-13(20)10-21-9-12;1-5-2-6(8)4-7(9)3-5/h1-10H,11H2,(H2,23,24,25);2-4H,1H3. The smallest absolute Gasteiger partial charge is 0.325 e. The monoisotopic (exact) mass is 516 g/mol. The van der Waals surface area contributed by atoms with Crippen LogP contribution < -0.4 is 10.0 Å². The molecule has 2 aromatic carbocycles. The summed E-state index contributed by atoms with van der Waals surface area (Å²) in [4.78, 5) is 20.9. The first-order valence-electron chi connectivity index (χ1n) is 10.2. The number of amides is 2. The number of pyridine rings is 2. The number of carbonyl (C=O) groups excluding carboxylic acids is 1. The third-order valence-corrected chi connectivity index (χ3v) is 5.72. The molecule has 0 saturated heterocycles. The summed E-state index contributed by atoms with van der Waals surface area (Å²) in [6.07, 6.45) is 4.30. The first-order valence-corrected chi connectivity index (χ1v) is 11.4. The Morgan fingerprint density at radius 1 is 0.971 bits per heavy atom. The normalized spacial score (nSPS) is 10.2. The van der Waals surface area contributed by atoms with Crippen molar-refractivity contribution in [1.29, 1.82) is 0 Å². The Labute approximate surface area is 209 Å². The largest absolute Gasteiger partial charge is 0.332 e. The molecule has 0 radical (unpaired) electrons. The van der Waals surface area contributed by atoms with Crippen molar-refractivity contribution in [2.45, 2.75) is 18.4 Å². The van der Waals surface area contributed by atoms with Crippen LogP contribution in [-0.2, 0) is 6.54 Å². The number of rotatable bonds is 5. The average molecular weight is 517 g/mol. The zero-order valence-corrected chi connectivity index (χ0v) is 20.0. The summed E-state index contributed by atoms with van der Waals surface area (Å²) in [5, 5.41) is 3.28. The van der Waals surface area contributed by atoms with E-state index in [1.165, 1.54) is 18.2 Å². The molecule has 0 atom stereocenters. The van der Waals surface area contributed by atoms with E-state index < -0.39 is 17.5 Å². The molecule has 0 aliphatic carbocycles. The zero-order valence-electron chi connectivity index (χ0n) is 18.4. The van der Waals surface area contributed by atoms with Gasteiger partial charge in [-0.25, -0.2) is 18.0 Å². The minimum Gasteiger partial charge on any atom is -0.332 e. The van der Waals surface area contributed by atoms with E-state index in [4.69, 9.17) is 11.6 Å². The second-order valence-corrected chi connectivity index (χ2v) is 8.41. The predicted octanol–water partition coefficient (Wildman–Crippen LogP) is 6.72. The van der Waals surface area contributed by atoms with E-state index in [1.807, 2.05) is 12.1 Å². The molecule has 0 bridgehead atoms. The maximum atomic E-state index is 13.4. The lowest BCUT2D eigenvalue weighted by molar-refractivity contribution is 0.246. The van der Waals surface area contributed by atoms with Crippen LogP contribution in [0.4, 0.5) is 18.0 Å². The van der Waals surface area contributed by atoms with Gasteiger partial charge in [0.15, 0.2) is 0 Å². The van der Waals surface area contributed by atoms with Gasteiger partial charge >= 0.3 is 6.03 Å². The molecule has 35 heavy (non-hydrogen) atoms. The molecule has 2 aromatic heterocycles. The molecule has 4 aromatic rings. The molecule has 0 unspecified atom stereocenters. The minimum atomic E-state index is -0.521. The van der Waals surface area contributed by atoms with Crippen molar-refractivity contribution < 1.29 is 18.0 Å². The second-order valence-electron chi connectivity index (χ2n) is 7.15. The van der Waals surface area contributed by atoms with Crippen LogP contribution in [0.5, 0.6) is 0 Å². The lowest BCUT2D eigenvalue weighted by Crippen LogP contribution is -2.31. The maximum absolute atomic E-state index is 13.4. The lowest BCUT2D eigenvalue weighted by Gasteiger charge is -2.10. The van der Waals surface area contributed by atoms with Gasteiger partial charge in [-0.3, -0.25) is 14.7 Å². The van der Waals surface area contributed by atoms with Crippen molar-refractivity contribution in [3.05, 3.63) is 113 Å². The number of hydrogen-bond acceptors (Lipinski definition) is 4. The van der Waals surface area contributed by atoms with Gasteiger partial charge in [-0.05, 0) is 60.8 Å². The van der Waals surface area contributed by atoms with Crippen molar-refractivity contribution in [3.8, 4) is 11.1 Å². The molecular formula is C25H20ClF3N4OS. The number of halogens is 4. The zero-order chi connectivity index (χ0) is 25.2. The van der Waals surface area contributed by atoms with Gasteiger partial charge in [0, 0.05) is 34.5 Å². The highest BCUT2D eigenvalue weighted by Crippen LogP contribution is 2.24. The quantitative estimate of drug-likeness (QED) is 0.289. The van der Waals surface area contributed by atoms with Gasteiger partial charge < -0.3 is 5.32 Å². The summed E-state index contributed by atoms with van der Waals surface area (Å²) >= 11 is 7.16. The molecule has 2 N–H and O–H groups in total. The van der Waals surface area contributed by atoms with Crippen LogP contribution in [0.15, 0.2) is 84.1 Å². The Balaban J connectivity index is 0.000000320. The first kappa shape index (κ1) is 26.1. The number of benzene rings is 2. The highest BCUT2D eigenvalue weighted by atomic mass is 35.5. The molecule has 0 aliphatic heterocycles. The van der Waals surface area contributed by atoms with E-state index in [-0.39, 0.29) is 12.6 Å². The van der Waals surface area contributed by atoms with Gasteiger partial charge in [0.1, 0.15) is 17.5 Å². The van der Waals surface area contributed by atoms with Crippen LogP contribution in [0.3, 0.4) is 0 Å². The predicted molar refractivity (Wildman–Crippen MR) is 131 cm³/mol. The van der Waals surface area contributed by atoms with Crippen LogP contribution in [0.2, 0.25) is 5.02 Å². The number of aryl methyl sites for hydroxylation is 1. The Bertz CT molecular complexity index is 1260. The molecule has 180 valence electrons. The van der Waals surface area contributed by atoms with Crippen molar-refractivity contribution in [1.82, 2.24) is 20.0 Å². The maximum Gasteiger partial charge on any atom is 0.325 e. The lowest BCUT2D eigenvalue weighted by atomic mass is 10.1. The van der Waals surface area contributed by atoms with Crippen LogP contribution in [0, 0.1) is 24.4 Å². The van der Waals surface area contributed by atoms with E-state index in [0.717, 1.165) is 29.1 Å². The van der Waals surface area contributed by atoms with Gasteiger partial charge in [-0.15, -0.1) is 0 Å². The molecule has 0 saturated carbocycles. The fourth-order valence-electron chi connectivity index (χ4n) is 2.92.